The van der Waals surface area contributed by atoms with Gasteiger partial charge < -0.3 is 20.0 Å². The van der Waals surface area contributed by atoms with Gasteiger partial charge in [-0.2, -0.15) is 0 Å². The van der Waals surface area contributed by atoms with Gasteiger partial charge >= 0.3 is 0 Å². The van der Waals surface area contributed by atoms with E-state index in [0.717, 1.165) is 35.9 Å². The molecule has 0 radical (unpaired) electrons. The monoisotopic (exact) mass is 348 g/mol. The Hall–Kier alpha value is -3.28. The van der Waals surface area contributed by atoms with Crippen molar-refractivity contribution in [3.63, 3.8) is 0 Å². The second-order valence-electron chi connectivity index (χ2n) is 6.26. The summed E-state index contributed by atoms with van der Waals surface area (Å²) in [7, 11) is 0. The lowest BCUT2D eigenvalue weighted by atomic mass is 10.1. The summed E-state index contributed by atoms with van der Waals surface area (Å²) in [6.45, 7) is 2.76. The van der Waals surface area contributed by atoms with Crippen LogP contribution < -0.4 is 10.6 Å². The van der Waals surface area contributed by atoms with E-state index in [-0.39, 0.29) is 5.91 Å². The van der Waals surface area contributed by atoms with Gasteiger partial charge in [-0.15, -0.1) is 0 Å². The van der Waals surface area contributed by atoms with Crippen molar-refractivity contribution in [1.82, 2.24) is 9.88 Å². The van der Waals surface area contributed by atoms with E-state index >= 15 is 0 Å². The summed E-state index contributed by atoms with van der Waals surface area (Å²) in [4.78, 5) is 21.1. The molecule has 0 spiro atoms. The van der Waals surface area contributed by atoms with E-state index in [0.29, 0.717) is 18.8 Å². The number of nitrogen functional groups attached to an aromatic ring is 1. The Morgan fingerprint density at radius 1 is 1.00 bits per heavy atom. The van der Waals surface area contributed by atoms with Crippen LogP contribution in [0, 0.1) is 0 Å². The van der Waals surface area contributed by atoms with Crippen LogP contribution in [0.3, 0.4) is 0 Å². The van der Waals surface area contributed by atoms with Crippen molar-refractivity contribution < 1.29 is 9.21 Å². The minimum absolute atomic E-state index is 0.0591. The molecule has 132 valence electrons. The normalized spacial score (nSPS) is 14.5. The predicted molar refractivity (Wildman–Crippen MR) is 101 cm³/mol. The summed E-state index contributed by atoms with van der Waals surface area (Å²) in [5, 5.41) is 0. The summed E-state index contributed by atoms with van der Waals surface area (Å²) in [6, 6.07) is 17.1. The molecular formula is C20H20N4O2. The van der Waals surface area contributed by atoms with Crippen molar-refractivity contribution in [2.45, 2.75) is 0 Å². The maximum absolute atomic E-state index is 12.4. The van der Waals surface area contributed by atoms with Gasteiger partial charge in [0.2, 0.25) is 0 Å². The number of carbonyl (C=O) groups excluding carboxylic acids is 1. The largest absolute Gasteiger partial charge is 0.459 e. The van der Waals surface area contributed by atoms with Crippen LogP contribution in [0.4, 0.5) is 11.5 Å². The van der Waals surface area contributed by atoms with Gasteiger partial charge in [0.25, 0.3) is 5.91 Å². The summed E-state index contributed by atoms with van der Waals surface area (Å²) >= 11 is 0. The van der Waals surface area contributed by atoms with E-state index in [1.165, 1.54) is 6.26 Å². The Labute approximate surface area is 151 Å². The van der Waals surface area contributed by atoms with Crippen molar-refractivity contribution in [2.24, 2.45) is 0 Å². The van der Waals surface area contributed by atoms with Crippen LogP contribution in [0.1, 0.15) is 10.6 Å². The molecule has 6 nitrogen and oxygen atoms in total. The third-order valence-corrected chi connectivity index (χ3v) is 4.54. The van der Waals surface area contributed by atoms with E-state index in [2.05, 4.69) is 4.90 Å². The molecule has 2 N–H and O–H groups in total. The Bertz CT molecular complexity index is 900. The van der Waals surface area contributed by atoms with E-state index < -0.39 is 0 Å². The molecule has 0 saturated carbocycles. The number of carbonyl (C=O) groups is 1. The number of anilines is 2. The van der Waals surface area contributed by atoms with Gasteiger partial charge in [-0.3, -0.25) is 4.79 Å². The highest BCUT2D eigenvalue weighted by molar-refractivity contribution is 5.91. The van der Waals surface area contributed by atoms with Crippen molar-refractivity contribution in [3.8, 4) is 11.3 Å². The standard InChI is InChI=1S/C20H20N4O2/c21-16-5-1-4-15(14-16)17-6-2-8-19(22-17)23-9-11-24(12-10-23)20(25)18-7-3-13-26-18/h1-8,13-14H,9-12,21H2. The average molecular weight is 348 g/mol. The average Bonchev–Trinajstić information content (AvgIpc) is 3.22. The fourth-order valence-electron chi connectivity index (χ4n) is 3.15. The van der Waals surface area contributed by atoms with Gasteiger partial charge in [0.1, 0.15) is 5.82 Å². The number of hydrogen-bond acceptors (Lipinski definition) is 5. The van der Waals surface area contributed by atoms with Crippen LogP contribution in [0.2, 0.25) is 0 Å². The molecule has 0 unspecified atom stereocenters. The number of nitrogens with two attached hydrogens (primary N) is 1. The van der Waals surface area contributed by atoms with Gasteiger partial charge in [0.05, 0.1) is 12.0 Å². The van der Waals surface area contributed by atoms with Crippen molar-refractivity contribution in [1.29, 1.82) is 0 Å². The lowest BCUT2D eigenvalue weighted by molar-refractivity contribution is 0.0714. The highest BCUT2D eigenvalue weighted by atomic mass is 16.3. The van der Waals surface area contributed by atoms with Crippen LogP contribution in [0.15, 0.2) is 65.3 Å². The molecule has 0 aliphatic carbocycles. The summed E-state index contributed by atoms with van der Waals surface area (Å²) < 4.78 is 5.21. The maximum atomic E-state index is 12.4. The zero-order valence-corrected chi connectivity index (χ0v) is 14.3. The topological polar surface area (TPSA) is 75.6 Å². The maximum Gasteiger partial charge on any atom is 0.289 e. The Morgan fingerprint density at radius 3 is 2.54 bits per heavy atom. The van der Waals surface area contributed by atoms with E-state index in [9.17, 15) is 4.79 Å². The molecule has 1 aliphatic heterocycles. The van der Waals surface area contributed by atoms with Gasteiger partial charge in [-0.05, 0) is 36.4 Å². The number of amides is 1. The Morgan fingerprint density at radius 2 is 1.81 bits per heavy atom. The van der Waals surface area contributed by atoms with Gasteiger partial charge in [0.15, 0.2) is 5.76 Å². The van der Waals surface area contributed by atoms with Gasteiger partial charge in [-0.1, -0.05) is 18.2 Å². The van der Waals surface area contributed by atoms with Crippen LogP contribution in [-0.4, -0.2) is 42.0 Å². The zero-order chi connectivity index (χ0) is 17.9. The fourth-order valence-corrected chi connectivity index (χ4v) is 3.15. The number of hydrogen-bond donors (Lipinski definition) is 1. The Balaban J connectivity index is 1.46. The third kappa shape index (κ3) is 3.26. The minimum Gasteiger partial charge on any atom is -0.459 e. The first-order chi connectivity index (χ1) is 12.7. The van der Waals surface area contributed by atoms with E-state index in [1.54, 1.807) is 12.1 Å². The number of benzene rings is 1. The zero-order valence-electron chi connectivity index (χ0n) is 14.3. The molecule has 1 fully saturated rings. The minimum atomic E-state index is -0.0591. The SMILES string of the molecule is Nc1cccc(-c2cccc(N3CCN(C(=O)c4ccco4)CC3)n2)c1. The van der Waals surface area contributed by atoms with Crippen molar-refractivity contribution >= 4 is 17.4 Å². The number of aromatic nitrogens is 1. The van der Waals surface area contributed by atoms with Crippen molar-refractivity contribution in [2.75, 3.05) is 36.8 Å². The second-order valence-corrected chi connectivity index (χ2v) is 6.26. The smallest absolute Gasteiger partial charge is 0.289 e. The molecule has 26 heavy (non-hydrogen) atoms. The van der Waals surface area contributed by atoms with Gasteiger partial charge in [0, 0.05) is 37.4 Å². The highest BCUT2D eigenvalue weighted by Gasteiger charge is 2.24. The van der Waals surface area contributed by atoms with Crippen LogP contribution in [0.5, 0.6) is 0 Å². The molecule has 1 amide bonds. The summed E-state index contributed by atoms with van der Waals surface area (Å²) in [5.41, 5.74) is 8.49. The van der Waals surface area contributed by atoms with E-state index in [1.807, 2.05) is 47.4 Å². The van der Waals surface area contributed by atoms with Crippen LogP contribution in [0.25, 0.3) is 11.3 Å². The molecule has 2 aromatic heterocycles. The number of furan rings is 1. The lowest BCUT2D eigenvalue weighted by Gasteiger charge is -2.35. The molecule has 4 rings (SSSR count). The van der Waals surface area contributed by atoms with Gasteiger partial charge in [-0.25, -0.2) is 4.98 Å². The second kappa shape index (κ2) is 6.92. The molecule has 3 aromatic rings. The number of rotatable bonds is 3. The molecule has 0 bridgehead atoms. The summed E-state index contributed by atoms with van der Waals surface area (Å²) in [5.74, 6) is 1.24. The Kier molecular flexibility index (Phi) is 4.31. The molecule has 0 atom stereocenters. The quantitative estimate of drug-likeness (QED) is 0.737. The van der Waals surface area contributed by atoms with Crippen LogP contribution >= 0.6 is 0 Å². The number of piperazine rings is 1. The first kappa shape index (κ1) is 16.2. The van der Waals surface area contributed by atoms with Crippen molar-refractivity contribution in [3.05, 3.63) is 66.6 Å². The molecule has 1 aliphatic rings. The molecule has 1 saturated heterocycles. The van der Waals surface area contributed by atoms with Crippen LogP contribution in [-0.2, 0) is 0 Å². The number of pyridine rings is 1. The highest BCUT2D eigenvalue weighted by Crippen LogP contribution is 2.23. The molecular weight excluding hydrogens is 328 g/mol. The third-order valence-electron chi connectivity index (χ3n) is 4.54. The van der Waals surface area contributed by atoms with E-state index in [4.69, 9.17) is 15.1 Å². The lowest BCUT2D eigenvalue weighted by Crippen LogP contribution is -2.49. The first-order valence-electron chi connectivity index (χ1n) is 8.61. The molecule has 1 aromatic carbocycles. The predicted octanol–water partition coefficient (Wildman–Crippen LogP) is 2.89. The molecule has 3 heterocycles. The fraction of sp³-hybridized carbons (Fsp3) is 0.200. The molecule has 6 heteroatoms. The number of nitrogens with zero attached hydrogens (tertiary/aromatic N) is 3. The first-order valence-corrected chi connectivity index (χ1v) is 8.61. The summed E-state index contributed by atoms with van der Waals surface area (Å²) in [6.07, 6.45) is 1.52.